The molecule has 116 valence electrons. The third kappa shape index (κ3) is 3.73. The molecule has 0 aliphatic rings. The van der Waals surface area contributed by atoms with E-state index in [2.05, 4.69) is 16.8 Å². The van der Waals surface area contributed by atoms with E-state index in [1.54, 1.807) is 35.8 Å². The van der Waals surface area contributed by atoms with Gasteiger partial charge >= 0.3 is 5.97 Å². The first-order chi connectivity index (χ1) is 10.7. The first-order valence-electron chi connectivity index (χ1n) is 6.74. The minimum absolute atomic E-state index is 0.125. The van der Waals surface area contributed by atoms with Crippen LogP contribution in [0.2, 0.25) is 0 Å². The predicted octanol–water partition coefficient (Wildman–Crippen LogP) is 2.93. The molecule has 0 saturated carbocycles. The Morgan fingerprint density at radius 2 is 2.23 bits per heavy atom. The lowest BCUT2D eigenvalue weighted by Gasteiger charge is -2.08. The first-order valence-corrected chi connectivity index (χ1v) is 7.73. The minimum atomic E-state index is -0.373. The number of ether oxygens (including phenoxy) is 1. The molecule has 0 spiro atoms. The van der Waals surface area contributed by atoms with Gasteiger partial charge < -0.3 is 4.74 Å². The van der Waals surface area contributed by atoms with Crippen molar-refractivity contribution in [3.8, 4) is 11.4 Å². The second-order valence-corrected chi connectivity index (χ2v) is 5.22. The van der Waals surface area contributed by atoms with Gasteiger partial charge in [-0.25, -0.2) is 4.39 Å². The number of thioether (sulfide) groups is 1. The molecule has 0 fully saturated rings. The van der Waals surface area contributed by atoms with E-state index in [4.69, 9.17) is 4.74 Å². The second-order valence-electron chi connectivity index (χ2n) is 4.28. The zero-order chi connectivity index (χ0) is 15.9. The highest BCUT2D eigenvalue weighted by atomic mass is 32.2. The summed E-state index contributed by atoms with van der Waals surface area (Å²) in [6.45, 7) is 6.19. The molecule has 1 aromatic heterocycles. The molecule has 0 atom stereocenters. The van der Waals surface area contributed by atoms with E-state index in [1.165, 1.54) is 17.8 Å². The number of carbonyl (C=O) groups is 1. The quantitative estimate of drug-likeness (QED) is 0.446. The van der Waals surface area contributed by atoms with Crippen LogP contribution in [0.4, 0.5) is 4.39 Å². The van der Waals surface area contributed by atoms with E-state index in [0.717, 1.165) is 0 Å². The van der Waals surface area contributed by atoms with Crippen molar-refractivity contribution >= 4 is 17.7 Å². The van der Waals surface area contributed by atoms with Gasteiger partial charge in [0.25, 0.3) is 0 Å². The summed E-state index contributed by atoms with van der Waals surface area (Å²) in [6.07, 6.45) is 1.67. The fourth-order valence-corrected chi connectivity index (χ4v) is 2.60. The van der Waals surface area contributed by atoms with Gasteiger partial charge in [-0.15, -0.1) is 16.8 Å². The van der Waals surface area contributed by atoms with Crippen LogP contribution in [0.5, 0.6) is 0 Å². The summed E-state index contributed by atoms with van der Waals surface area (Å²) in [5.41, 5.74) is 0.361. The molecule has 5 nitrogen and oxygen atoms in total. The number of hydrogen-bond donors (Lipinski definition) is 0. The number of hydrogen-bond acceptors (Lipinski definition) is 5. The Labute approximate surface area is 132 Å². The minimum Gasteiger partial charge on any atom is -0.465 e. The van der Waals surface area contributed by atoms with E-state index < -0.39 is 0 Å². The third-order valence-corrected chi connectivity index (χ3v) is 3.71. The standard InChI is InChI=1S/C15H16FN3O2S/c1-3-9-19-14(11-7-5-6-8-12(11)16)17-18-15(19)22-10-13(20)21-4-2/h3,5-8H,1,4,9-10H2,2H3. The molecule has 0 N–H and O–H groups in total. The maximum atomic E-state index is 13.9. The van der Waals surface area contributed by atoms with Crippen molar-refractivity contribution in [3.63, 3.8) is 0 Å². The lowest BCUT2D eigenvalue weighted by atomic mass is 10.2. The van der Waals surface area contributed by atoms with Gasteiger partial charge in [0.2, 0.25) is 0 Å². The van der Waals surface area contributed by atoms with Crippen molar-refractivity contribution in [3.05, 3.63) is 42.7 Å². The van der Waals surface area contributed by atoms with E-state index in [0.29, 0.717) is 29.7 Å². The Morgan fingerprint density at radius 3 is 2.91 bits per heavy atom. The SMILES string of the molecule is C=CCn1c(SCC(=O)OCC)nnc1-c1ccccc1F. The van der Waals surface area contributed by atoms with Gasteiger partial charge in [-0.3, -0.25) is 9.36 Å². The Morgan fingerprint density at radius 1 is 1.45 bits per heavy atom. The molecule has 0 radical (unpaired) electrons. The maximum Gasteiger partial charge on any atom is 0.316 e. The molecule has 0 aliphatic heterocycles. The molecule has 22 heavy (non-hydrogen) atoms. The van der Waals surface area contributed by atoms with Gasteiger partial charge in [-0.05, 0) is 19.1 Å². The fourth-order valence-electron chi connectivity index (χ4n) is 1.86. The normalized spacial score (nSPS) is 10.5. The summed E-state index contributed by atoms with van der Waals surface area (Å²) in [4.78, 5) is 11.4. The fraction of sp³-hybridized carbons (Fsp3) is 0.267. The van der Waals surface area contributed by atoms with E-state index in [-0.39, 0.29) is 17.5 Å². The summed E-state index contributed by atoms with van der Waals surface area (Å²) in [5.74, 6) is -0.167. The molecule has 0 amide bonds. The van der Waals surface area contributed by atoms with Crippen LogP contribution >= 0.6 is 11.8 Å². The molecule has 2 aromatic rings. The van der Waals surface area contributed by atoms with Gasteiger partial charge in [-0.2, -0.15) is 0 Å². The molecule has 1 heterocycles. The molecule has 0 aliphatic carbocycles. The summed E-state index contributed by atoms with van der Waals surface area (Å²) in [5, 5.41) is 8.60. The van der Waals surface area contributed by atoms with Crippen LogP contribution in [0, 0.1) is 5.82 Å². The number of aromatic nitrogens is 3. The lowest BCUT2D eigenvalue weighted by Crippen LogP contribution is -2.08. The van der Waals surface area contributed by atoms with Crippen LogP contribution in [0.3, 0.4) is 0 Å². The van der Waals surface area contributed by atoms with Crippen molar-refractivity contribution in [2.45, 2.75) is 18.6 Å². The molecule has 0 bridgehead atoms. The number of allylic oxidation sites excluding steroid dienone is 1. The van der Waals surface area contributed by atoms with Gasteiger partial charge in [0.15, 0.2) is 11.0 Å². The van der Waals surface area contributed by atoms with Crippen molar-refractivity contribution in [2.75, 3.05) is 12.4 Å². The van der Waals surface area contributed by atoms with Crippen LogP contribution in [-0.2, 0) is 16.1 Å². The van der Waals surface area contributed by atoms with Crippen molar-refractivity contribution in [1.82, 2.24) is 14.8 Å². The largest absolute Gasteiger partial charge is 0.465 e. The molecule has 0 saturated heterocycles. The topological polar surface area (TPSA) is 57.0 Å². The number of halogens is 1. The van der Waals surface area contributed by atoms with Crippen molar-refractivity contribution in [1.29, 1.82) is 0 Å². The average Bonchev–Trinajstić information content (AvgIpc) is 2.89. The Balaban J connectivity index is 2.27. The second kappa shape index (κ2) is 7.74. The molecular weight excluding hydrogens is 305 g/mol. The van der Waals surface area contributed by atoms with Gasteiger partial charge in [0.1, 0.15) is 5.82 Å². The van der Waals surface area contributed by atoms with Gasteiger partial charge in [0.05, 0.1) is 17.9 Å². The summed E-state index contributed by atoms with van der Waals surface area (Å²) in [6, 6.07) is 6.35. The first kappa shape index (κ1) is 16.2. The van der Waals surface area contributed by atoms with Crippen LogP contribution < -0.4 is 0 Å². The van der Waals surface area contributed by atoms with Crippen LogP contribution in [0.1, 0.15) is 6.92 Å². The zero-order valence-corrected chi connectivity index (χ0v) is 13.0. The summed E-state index contributed by atoms with van der Waals surface area (Å²) < 4.78 is 20.5. The highest BCUT2D eigenvalue weighted by Gasteiger charge is 2.17. The molecule has 7 heteroatoms. The summed E-state index contributed by atoms with van der Waals surface area (Å²) >= 11 is 1.20. The molecule has 2 rings (SSSR count). The van der Waals surface area contributed by atoms with Gasteiger partial charge in [-0.1, -0.05) is 30.0 Å². The maximum absolute atomic E-state index is 13.9. The number of benzene rings is 1. The van der Waals surface area contributed by atoms with Crippen LogP contribution in [0.15, 0.2) is 42.1 Å². The zero-order valence-electron chi connectivity index (χ0n) is 12.2. The lowest BCUT2D eigenvalue weighted by molar-refractivity contribution is -0.139. The summed E-state index contributed by atoms with van der Waals surface area (Å²) in [7, 11) is 0. The number of esters is 1. The number of rotatable bonds is 7. The van der Waals surface area contributed by atoms with E-state index in [9.17, 15) is 9.18 Å². The van der Waals surface area contributed by atoms with Crippen molar-refractivity contribution in [2.24, 2.45) is 0 Å². The Hall–Kier alpha value is -2.15. The smallest absolute Gasteiger partial charge is 0.316 e. The predicted molar refractivity (Wildman–Crippen MR) is 83.0 cm³/mol. The average molecular weight is 321 g/mol. The molecule has 0 unspecified atom stereocenters. The highest BCUT2D eigenvalue weighted by Crippen LogP contribution is 2.25. The highest BCUT2D eigenvalue weighted by molar-refractivity contribution is 7.99. The van der Waals surface area contributed by atoms with E-state index in [1.807, 2.05) is 0 Å². The van der Waals surface area contributed by atoms with Crippen LogP contribution in [0.25, 0.3) is 11.4 Å². The number of nitrogens with zero attached hydrogens (tertiary/aromatic N) is 3. The third-order valence-electron chi connectivity index (χ3n) is 2.77. The Bertz CT molecular complexity index is 673. The van der Waals surface area contributed by atoms with Crippen LogP contribution in [-0.4, -0.2) is 33.1 Å². The van der Waals surface area contributed by atoms with Crippen molar-refractivity contribution < 1.29 is 13.9 Å². The van der Waals surface area contributed by atoms with E-state index >= 15 is 0 Å². The molecule has 1 aromatic carbocycles. The monoisotopic (exact) mass is 321 g/mol. The van der Waals surface area contributed by atoms with Gasteiger partial charge in [0, 0.05) is 6.54 Å². The molecular formula is C15H16FN3O2S. The Kier molecular flexibility index (Phi) is 5.71. The number of carbonyl (C=O) groups excluding carboxylic acids is 1.